The van der Waals surface area contributed by atoms with Crippen LogP contribution in [-0.4, -0.2) is 34.7 Å². The van der Waals surface area contributed by atoms with Crippen molar-refractivity contribution in [3.8, 4) is 0 Å². The topological polar surface area (TPSA) is 89.2 Å². The molecule has 0 saturated carbocycles. The van der Waals surface area contributed by atoms with Gasteiger partial charge in [-0.3, -0.25) is 14.3 Å². The molecule has 0 spiro atoms. The molecule has 0 aliphatic heterocycles. The quantitative estimate of drug-likeness (QED) is 0.755. The summed E-state index contributed by atoms with van der Waals surface area (Å²) in [5.41, 5.74) is 0. The highest BCUT2D eigenvalue weighted by atomic mass is 16.3. The van der Waals surface area contributed by atoms with Gasteiger partial charge in [0.1, 0.15) is 6.04 Å². The fourth-order valence-electron chi connectivity index (χ4n) is 1.63. The summed E-state index contributed by atoms with van der Waals surface area (Å²) >= 11 is 0. The van der Waals surface area contributed by atoms with Crippen LogP contribution in [0.1, 0.15) is 23.5 Å². The number of carbonyl (C=O) groups is 2. The molecule has 0 saturated heterocycles. The van der Waals surface area contributed by atoms with E-state index >= 15 is 0 Å². The number of nitrogens with zero attached hydrogens (tertiary/aromatic N) is 2. The van der Waals surface area contributed by atoms with Gasteiger partial charge >= 0.3 is 0 Å². The first kappa shape index (κ1) is 13.9. The van der Waals surface area contributed by atoms with Crippen molar-refractivity contribution in [2.24, 2.45) is 0 Å². The zero-order valence-corrected chi connectivity index (χ0v) is 11.1. The first-order valence-electron chi connectivity index (χ1n) is 6.27. The molecule has 0 aliphatic carbocycles. The molecule has 2 rings (SSSR count). The molecule has 0 aliphatic rings. The maximum absolute atomic E-state index is 11.8. The Morgan fingerprint density at radius 2 is 2.15 bits per heavy atom. The number of aromatic nitrogens is 2. The van der Waals surface area contributed by atoms with Crippen molar-refractivity contribution in [2.45, 2.75) is 13.0 Å². The molecule has 2 heterocycles. The Kier molecular flexibility index (Phi) is 4.54. The molecular weight excluding hydrogens is 260 g/mol. The highest BCUT2D eigenvalue weighted by Crippen LogP contribution is 2.02. The van der Waals surface area contributed by atoms with E-state index in [0.717, 1.165) is 0 Å². The predicted molar refractivity (Wildman–Crippen MR) is 71.0 cm³/mol. The van der Waals surface area contributed by atoms with Crippen molar-refractivity contribution in [2.75, 3.05) is 13.1 Å². The molecule has 0 radical (unpaired) electrons. The molecule has 2 N–H and O–H groups in total. The van der Waals surface area contributed by atoms with Crippen molar-refractivity contribution in [3.63, 3.8) is 0 Å². The van der Waals surface area contributed by atoms with Crippen LogP contribution in [0.5, 0.6) is 0 Å². The lowest BCUT2D eigenvalue weighted by Crippen LogP contribution is -2.37. The van der Waals surface area contributed by atoms with Crippen molar-refractivity contribution in [1.82, 2.24) is 20.4 Å². The molecule has 1 unspecified atom stereocenters. The minimum absolute atomic E-state index is 0.152. The van der Waals surface area contributed by atoms with Crippen LogP contribution in [0.4, 0.5) is 0 Å². The molecular formula is C13H16N4O3. The predicted octanol–water partition coefficient (Wildman–Crippen LogP) is 0.583. The van der Waals surface area contributed by atoms with Crippen molar-refractivity contribution in [3.05, 3.63) is 42.6 Å². The average molecular weight is 276 g/mol. The van der Waals surface area contributed by atoms with Gasteiger partial charge in [-0.1, -0.05) is 0 Å². The molecule has 106 valence electrons. The first-order chi connectivity index (χ1) is 9.68. The minimum atomic E-state index is -0.384. The van der Waals surface area contributed by atoms with E-state index in [2.05, 4.69) is 15.7 Å². The largest absolute Gasteiger partial charge is 0.459 e. The maximum atomic E-state index is 11.8. The van der Waals surface area contributed by atoms with Crippen LogP contribution in [0.3, 0.4) is 0 Å². The van der Waals surface area contributed by atoms with Crippen LogP contribution < -0.4 is 10.6 Å². The van der Waals surface area contributed by atoms with E-state index in [1.54, 1.807) is 42.2 Å². The van der Waals surface area contributed by atoms with Crippen LogP contribution in [0, 0.1) is 0 Å². The minimum Gasteiger partial charge on any atom is -0.459 e. The third kappa shape index (κ3) is 3.47. The van der Waals surface area contributed by atoms with Crippen LogP contribution in [0.2, 0.25) is 0 Å². The van der Waals surface area contributed by atoms with E-state index < -0.39 is 0 Å². The van der Waals surface area contributed by atoms with Gasteiger partial charge in [-0.25, -0.2) is 0 Å². The van der Waals surface area contributed by atoms with Crippen LogP contribution >= 0.6 is 0 Å². The van der Waals surface area contributed by atoms with Crippen molar-refractivity contribution < 1.29 is 14.0 Å². The van der Waals surface area contributed by atoms with Gasteiger partial charge in [-0.15, -0.1) is 0 Å². The second kappa shape index (κ2) is 6.55. The van der Waals surface area contributed by atoms with Crippen molar-refractivity contribution >= 4 is 11.8 Å². The summed E-state index contributed by atoms with van der Waals surface area (Å²) in [4.78, 5) is 23.4. The number of nitrogens with one attached hydrogen (secondary N) is 2. The lowest BCUT2D eigenvalue weighted by Gasteiger charge is -2.12. The summed E-state index contributed by atoms with van der Waals surface area (Å²) < 4.78 is 6.52. The van der Waals surface area contributed by atoms with Crippen molar-refractivity contribution in [1.29, 1.82) is 0 Å². The standard InChI is InChI=1S/C13H16N4O3/c1-10(17-8-3-5-16-17)12(18)14-6-7-15-13(19)11-4-2-9-20-11/h2-5,8-10H,6-7H2,1H3,(H,14,18)(H,15,19). The van der Waals surface area contributed by atoms with Gasteiger partial charge < -0.3 is 15.1 Å². The van der Waals surface area contributed by atoms with E-state index in [4.69, 9.17) is 4.42 Å². The Labute approximate surface area is 116 Å². The van der Waals surface area contributed by atoms with Gasteiger partial charge in [0, 0.05) is 25.5 Å². The van der Waals surface area contributed by atoms with E-state index in [9.17, 15) is 9.59 Å². The number of carbonyl (C=O) groups excluding carboxylic acids is 2. The normalized spacial score (nSPS) is 11.8. The van der Waals surface area contributed by atoms with E-state index in [1.807, 2.05) is 0 Å². The van der Waals surface area contributed by atoms with Gasteiger partial charge in [0.05, 0.1) is 6.26 Å². The number of hydrogen-bond donors (Lipinski definition) is 2. The second-order valence-corrected chi connectivity index (χ2v) is 4.19. The number of rotatable bonds is 6. The van der Waals surface area contributed by atoms with Crippen LogP contribution in [0.15, 0.2) is 41.3 Å². The van der Waals surface area contributed by atoms with Gasteiger partial charge in [0.2, 0.25) is 5.91 Å². The third-order valence-corrected chi connectivity index (χ3v) is 2.76. The molecule has 1 atom stereocenters. The number of hydrogen-bond acceptors (Lipinski definition) is 4. The lowest BCUT2D eigenvalue weighted by atomic mass is 10.3. The zero-order valence-electron chi connectivity index (χ0n) is 11.1. The number of furan rings is 1. The van der Waals surface area contributed by atoms with Crippen LogP contribution in [-0.2, 0) is 4.79 Å². The fourth-order valence-corrected chi connectivity index (χ4v) is 1.63. The Bertz CT molecular complexity index is 548. The smallest absolute Gasteiger partial charge is 0.287 e. The molecule has 7 nitrogen and oxygen atoms in total. The average Bonchev–Trinajstić information content (AvgIpc) is 3.14. The Morgan fingerprint density at radius 3 is 2.80 bits per heavy atom. The summed E-state index contributed by atoms with van der Waals surface area (Å²) in [5.74, 6) is -0.202. The fraction of sp³-hybridized carbons (Fsp3) is 0.308. The second-order valence-electron chi connectivity index (χ2n) is 4.19. The first-order valence-corrected chi connectivity index (χ1v) is 6.27. The monoisotopic (exact) mass is 276 g/mol. The Balaban J connectivity index is 1.68. The molecule has 0 bridgehead atoms. The SMILES string of the molecule is CC(C(=O)NCCNC(=O)c1ccco1)n1cccn1. The summed E-state index contributed by atoms with van der Waals surface area (Å²) in [6.07, 6.45) is 4.78. The summed E-state index contributed by atoms with van der Waals surface area (Å²) in [5, 5.41) is 9.37. The van der Waals surface area contributed by atoms with E-state index in [0.29, 0.717) is 13.1 Å². The van der Waals surface area contributed by atoms with E-state index in [-0.39, 0.29) is 23.6 Å². The Hall–Kier alpha value is -2.57. The number of amides is 2. The summed E-state index contributed by atoms with van der Waals surface area (Å²) in [6, 6.07) is 4.59. The van der Waals surface area contributed by atoms with Crippen LogP contribution in [0.25, 0.3) is 0 Å². The van der Waals surface area contributed by atoms with E-state index in [1.165, 1.54) is 6.26 Å². The highest BCUT2D eigenvalue weighted by Gasteiger charge is 2.14. The van der Waals surface area contributed by atoms with Gasteiger partial charge in [-0.2, -0.15) is 5.10 Å². The van der Waals surface area contributed by atoms with Gasteiger partial charge in [0.25, 0.3) is 5.91 Å². The molecule has 2 aromatic heterocycles. The maximum Gasteiger partial charge on any atom is 0.287 e. The highest BCUT2D eigenvalue weighted by molar-refractivity contribution is 5.91. The molecule has 7 heteroatoms. The summed E-state index contributed by atoms with van der Waals surface area (Å²) in [7, 11) is 0. The zero-order chi connectivity index (χ0) is 14.4. The summed E-state index contributed by atoms with van der Waals surface area (Å²) in [6.45, 7) is 2.43. The third-order valence-electron chi connectivity index (χ3n) is 2.76. The molecule has 20 heavy (non-hydrogen) atoms. The molecule has 0 aromatic carbocycles. The van der Waals surface area contributed by atoms with Gasteiger partial charge in [0.15, 0.2) is 5.76 Å². The molecule has 0 fully saturated rings. The molecule has 2 amide bonds. The Morgan fingerprint density at radius 1 is 1.35 bits per heavy atom. The van der Waals surface area contributed by atoms with Gasteiger partial charge in [-0.05, 0) is 25.1 Å². The lowest BCUT2D eigenvalue weighted by molar-refractivity contribution is -0.124. The molecule has 2 aromatic rings.